The van der Waals surface area contributed by atoms with E-state index in [2.05, 4.69) is 20.8 Å². The van der Waals surface area contributed by atoms with Gasteiger partial charge in [-0.3, -0.25) is 0 Å². The summed E-state index contributed by atoms with van der Waals surface area (Å²) in [6.07, 6.45) is 0. The molecule has 0 saturated carbocycles. The van der Waals surface area contributed by atoms with E-state index in [1.165, 1.54) is 19.6 Å². The van der Waals surface area contributed by atoms with Crippen LogP contribution in [0, 0.1) is 11.8 Å². The van der Waals surface area contributed by atoms with E-state index in [1.807, 2.05) is 0 Å². The van der Waals surface area contributed by atoms with Crippen LogP contribution in [0.5, 0.6) is 0 Å². The quantitative estimate of drug-likeness (QED) is 0.533. The predicted molar refractivity (Wildman–Crippen MR) is 37.6 cm³/mol. The molecule has 2 heteroatoms. The summed E-state index contributed by atoms with van der Waals surface area (Å²) in [7, 11) is 0. The SMILES string of the molecule is CC[NH+](CC)CC.[C-]#N. The minimum Gasteiger partial charge on any atom is -0.512 e. The third-order valence-electron chi connectivity index (χ3n) is 1.50. The Bertz CT molecular complexity index is 49.7. The minimum atomic E-state index is 1.27. The van der Waals surface area contributed by atoms with E-state index in [1.54, 1.807) is 4.90 Å². The van der Waals surface area contributed by atoms with E-state index in [0.717, 1.165) is 0 Å². The summed E-state index contributed by atoms with van der Waals surface area (Å²) in [4.78, 5) is 1.68. The van der Waals surface area contributed by atoms with Crippen LogP contribution in [0.4, 0.5) is 0 Å². The first-order valence-electron chi connectivity index (χ1n) is 3.41. The van der Waals surface area contributed by atoms with Crippen LogP contribution in [-0.4, -0.2) is 19.6 Å². The first-order chi connectivity index (χ1) is 4.35. The molecule has 0 aromatic carbocycles. The Morgan fingerprint density at radius 1 is 1.00 bits per heavy atom. The number of nitrogens with one attached hydrogen (secondary N) is 1. The molecule has 2 nitrogen and oxygen atoms in total. The summed E-state index contributed by atoms with van der Waals surface area (Å²) in [6.45, 7) is 15.2. The molecule has 0 aromatic rings. The van der Waals surface area contributed by atoms with Crippen LogP contribution >= 0.6 is 0 Å². The maximum Gasteiger partial charge on any atom is 0.0742 e. The summed E-state index contributed by atoms with van der Waals surface area (Å²) in [5, 5.41) is 6.25. The fourth-order valence-corrected chi connectivity index (χ4v) is 0.750. The van der Waals surface area contributed by atoms with Crippen molar-refractivity contribution < 1.29 is 4.90 Å². The van der Waals surface area contributed by atoms with Crippen LogP contribution in [0.25, 0.3) is 0 Å². The van der Waals surface area contributed by atoms with Gasteiger partial charge in [-0.25, -0.2) is 0 Å². The molecule has 0 aliphatic rings. The lowest BCUT2D eigenvalue weighted by Gasteiger charge is -2.10. The minimum absolute atomic E-state index is 1.27. The highest BCUT2D eigenvalue weighted by molar-refractivity contribution is 4.11. The molecular weight excluding hydrogens is 112 g/mol. The highest BCUT2D eigenvalue weighted by Gasteiger charge is 1.92. The maximum atomic E-state index is 6.25. The highest BCUT2D eigenvalue weighted by Crippen LogP contribution is 1.45. The van der Waals surface area contributed by atoms with Gasteiger partial charge < -0.3 is 16.7 Å². The topological polar surface area (TPSA) is 28.2 Å². The van der Waals surface area contributed by atoms with E-state index < -0.39 is 0 Å². The van der Waals surface area contributed by atoms with E-state index in [4.69, 9.17) is 11.8 Å². The number of rotatable bonds is 3. The van der Waals surface area contributed by atoms with E-state index >= 15 is 0 Å². The molecule has 0 unspecified atom stereocenters. The summed E-state index contributed by atoms with van der Waals surface area (Å²) in [5.74, 6) is 0. The lowest BCUT2D eigenvalue weighted by atomic mass is 10.5. The van der Waals surface area contributed by atoms with Crippen molar-refractivity contribution in [3.05, 3.63) is 6.57 Å². The van der Waals surface area contributed by atoms with Crippen molar-refractivity contribution in [1.29, 1.82) is 5.26 Å². The van der Waals surface area contributed by atoms with Crippen LogP contribution in [0.3, 0.4) is 0 Å². The third-order valence-corrected chi connectivity index (χ3v) is 1.50. The van der Waals surface area contributed by atoms with Crippen LogP contribution < -0.4 is 4.90 Å². The van der Waals surface area contributed by atoms with Gasteiger partial charge in [-0.1, -0.05) is 0 Å². The molecule has 1 N–H and O–H groups in total. The molecule has 0 aliphatic heterocycles. The van der Waals surface area contributed by atoms with Crippen LogP contribution in [0.15, 0.2) is 0 Å². The molecule has 9 heavy (non-hydrogen) atoms. The van der Waals surface area contributed by atoms with Gasteiger partial charge in [0.2, 0.25) is 0 Å². The highest BCUT2D eigenvalue weighted by atomic mass is 15.1. The van der Waals surface area contributed by atoms with E-state index in [0.29, 0.717) is 0 Å². The van der Waals surface area contributed by atoms with Gasteiger partial charge in [-0.15, -0.1) is 0 Å². The second kappa shape index (κ2) is 10.4. The third kappa shape index (κ3) is 7.45. The Morgan fingerprint density at radius 3 is 1.22 bits per heavy atom. The molecule has 0 spiro atoms. The van der Waals surface area contributed by atoms with Gasteiger partial charge in [0, 0.05) is 0 Å². The molecule has 0 rings (SSSR count). The Morgan fingerprint density at radius 2 is 1.22 bits per heavy atom. The van der Waals surface area contributed by atoms with E-state index in [9.17, 15) is 0 Å². The van der Waals surface area contributed by atoms with Crippen LogP contribution in [0.2, 0.25) is 0 Å². The fourth-order valence-electron chi connectivity index (χ4n) is 0.750. The van der Waals surface area contributed by atoms with Gasteiger partial charge >= 0.3 is 0 Å². The van der Waals surface area contributed by atoms with Crippen molar-refractivity contribution in [2.24, 2.45) is 0 Å². The molecule has 0 radical (unpaired) electrons. The summed E-state index contributed by atoms with van der Waals surface area (Å²) < 4.78 is 0. The van der Waals surface area contributed by atoms with Crippen molar-refractivity contribution in [2.45, 2.75) is 20.8 Å². The largest absolute Gasteiger partial charge is 0.512 e. The zero-order valence-corrected chi connectivity index (χ0v) is 6.57. The maximum absolute atomic E-state index is 6.25. The molecule has 0 atom stereocenters. The average molecular weight is 128 g/mol. The Hall–Kier alpha value is -0.550. The molecule has 0 heterocycles. The fraction of sp³-hybridized carbons (Fsp3) is 0.857. The Balaban J connectivity index is 0. The lowest BCUT2D eigenvalue weighted by Crippen LogP contribution is -3.11. The van der Waals surface area contributed by atoms with Crippen molar-refractivity contribution in [2.75, 3.05) is 19.6 Å². The zero-order chi connectivity index (χ0) is 7.70. The zero-order valence-electron chi connectivity index (χ0n) is 6.57. The van der Waals surface area contributed by atoms with Crippen molar-refractivity contribution >= 4 is 0 Å². The number of quaternary nitrogens is 1. The lowest BCUT2D eigenvalue weighted by molar-refractivity contribution is -0.894. The Kier molecular flexibility index (Phi) is 13.1. The molecule has 0 bridgehead atoms. The van der Waals surface area contributed by atoms with E-state index in [-0.39, 0.29) is 0 Å². The van der Waals surface area contributed by atoms with Crippen LogP contribution in [0.1, 0.15) is 20.8 Å². The number of hydrogen-bond acceptors (Lipinski definition) is 1. The van der Waals surface area contributed by atoms with Crippen molar-refractivity contribution in [3.8, 4) is 0 Å². The Labute approximate surface area is 58.1 Å². The number of hydrogen-bond donors (Lipinski definition) is 1. The van der Waals surface area contributed by atoms with Crippen molar-refractivity contribution in [3.63, 3.8) is 0 Å². The van der Waals surface area contributed by atoms with Gasteiger partial charge in [0.05, 0.1) is 19.6 Å². The predicted octanol–water partition coefficient (Wildman–Crippen LogP) is 0.0274. The molecule has 0 fully saturated rings. The molecular formula is C7H16N2. The first-order valence-corrected chi connectivity index (χ1v) is 3.41. The number of nitrogens with zero attached hydrogens (tertiary/aromatic N) is 1. The average Bonchev–Trinajstić information content (AvgIpc) is 1.96. The summed E-state index contributed by atoms with van der Waals surface area (Å²) >= 11 is 0. The van der Waals surface area contributed by atoms with Gasteiger partial charge in [-0.2, -0.15) is 0 Å². The van der Waals surface area contributed by atoms with Gasteiger partial charge in [0.25, 0.3) is 0 Å². The normalized spacial score (nSPS) is 8.22. The summed E-state index contributed by atoms with van der Waals surface area (Å²) in [6, 6.07) is 0. The summed E-state index contributed by atoms with van der Waals surface area (Å²) in [5.41, 5.74) is 0. The second-order valence-corrected chi connectivity index (χ2v) is 1.81. The van der Waals surface area contributed by atoms with Crippen LogP contribution in [-0.2, 0) is 0 Å². The standard InChI is InChI=1S/C6H15N.CN/c1-4-7(5-2)6-3;1-2/h4-6H2,1-3H3;/q;-1/p+1. The first kappa shape index (κ1) is 11.3. The van der Waals surface area contributed by atoms with Gasteiger partial charge in [0.15, 0.2) is 0 Å². The monoisotopic (exact) mass is 128 g/mol. The van der Waals surface area contributed by atoms with Gasteiger partial charge in [-0.05, 0) is 20.8 Å². The molecule has 0 aliphatic carbocycles. The van der Waals surface area contributed by atoms with Gasteiger partial charge in [0.1, 0.15) is 0 Å². The molecule has 54 valence electrons. The van der Waals surface area contributed by atoms with Crippen molar-refractivity contribution in [1.82, 2.24) is 0 Å². The second-order valence-electron chi connectivity index (χ2n) is 1.81. The molecule has 0 aromatic heterocycles. The smallest absolute Gasteiger partial charge is 0.0742 e. The molecule has 0 saturated heterocycles. The molecule has 0 amide bonds.